The molecule has 1 atom stereocenters. The molecular formula is C21H29NO3. The van der Waals surface area contributed by atoms with Crippen molar-refractivity contribution in [2.24, 2.45) is 0 Å². The lowest BCUT2D eigenvalue weighted by molar-refractivity contribution is -0.139. The van der Waals surface area contributed by atoms with E-state index in [1.165, 1.54) is 0 Å². The molecule has 2 rings (SSSR count). The summed E-state index contributed by atoms with van der Waals surface area (Å²) in [7, 11) is 0. The Morgan fingerprint density at radius 2 is 1.76 bits per heavy atom. The first-order chi connectivity index (χ1) is 12.1. The topological polar surface area (TPSA) is 47.6 Å². The predicted molar refractivity (Wildman–Crippen MR) is 103 cm³/mol. The molecule has 0 aliphatic rings. The van der Waals surface area contributed by atoms with E-state index in [0.29, 0.717) is 19.6 Å². The Hall–Kier alpha value is -2.07. The molecular weight excluding hydrogens is 314 g/mol. The van der Waals surface area contributed by atoms with Gasteiger partial charge >= 0.3 is 0 Å². The van der Waals surface area contributed by atoms with Gasteiger partial charge in [0.25, 0.3) is 5.91 Å². The Morgan fingerprint density at radius 1 is 1.04 bits per heavy atom. The summed E-state index contributed by atoms with van der Waals surface area (Å²) >= 11 is 0. The maximum absolute atomic E-state index is 12.9. The van der Waals surface area contributed by atoms with E-state index in [4.69, 9.17) is 9.47 Å². The lowest BCUT2D eigenvalue weighted by Gasteiger charge is -2.28. The number of hydrogen-bond donors (Lipinski definition) is 1. The van der Waals surface area contributed by atoms with Crippen LogP contribution in [0.15, 0.2) is 36.4 Å². The average Bonchev–Trinajstić information content (AvgIpc) is 2.62. The highest BCUT2D eigenvalue weighted by atomic mass is 16.5. The van der Waals surface area contributed by atoms with Gasteiger partial charge in [0.15, 0.2) is 0 Å². The molecule has 4 nitrogen and oxygen atoms in total. The molecule has 1 unspecified atom stereocenters. The molecule has 2 aromatic carbocycles. The maximum atomic E-state index is 12.9. The number of unbranched alkanes of at least 4 members (excludes halogenated alkanes) is 1. The van der Waals surface area contributed by atoms with E-state index in [1.54, 1.807) is 0 Å². The highest BCUT2D eigenvalue weighted by Crippen LogP contribution is 2.32. The number of benzene rings is 2. The van der Waals surface area contributed by atoms with Crippen molar-refractivity contribution in [2.45, 2.75) is 52.6 Å². The summed E-state index contributed by atoms with van der Waals surface area (Å²) in [6.07, 6.45) is 2.69. The lowest BCUT2D eigenvalue weighted by Crippen LogP contribution is -2.42. The molecule has 1 amide bonds. The van der Waals surface area contributed by atoms with E-state index in [1.807, 2.05) is 57.2 Å². The maximum Gasteiger partial charge on any atom is 0.256 e. The normalized spacial score (nSPS) is 13.4. The van der Waals surface area contributed by atoms with Crippen LogP contribution >= 0.6 is 0 Å². The van der Waals surface area contributed by atoms with Gasteiger partial charge < -0.3 is 14.8 Å². The molecule has 0 saturated carbocycles. The van der Waals surface area contributed by atoms with Gasteiger partial charge in [-0.2, -0.15) is 0 Å². The largest absolute Gasteiger partial charge is 0.493 e. The molecule has 1 N–H and O–H groups in total. The van der Waals surface area contributed by atoms with Crippen molar-refractivity contribution in [1.82, 2.24) is 0 Å². The van der Waals surface area contributed by atoms with Gasteiger partial charge in [0.05, 0.1) is 6.61 Å². The summed E-state index contributed by atoms with van der Waals surface area (Å²) in [5.41, 5.74) is -0.0312. The van der Waals surface area contributed by atoms with Gasteiger partial charge in [-0.05, 0) is 39.3 Å². The van der Waals surface area contributed by atoms with Crippen molar-refractivity contribution in [3.8, 4) is 5.75 Å². The van der Waals surface area contributed by atoms with Crippen molar-refractivity contribution in [3.05, 3.63) is 36.4 Å². The van der Waals surface area contributed by atoms with Gasteiger partial charge in [0, 0.05) is 23.1 Å². The Morgan fingerprint density at radius 3 is 2.40 bits per heavy atom. The number of ether oxygens (including phenoxy) is 2. The average molecular weight is 343 g/mol. The number of hydrogen-bond acceptors (Lipinski definition) is 3. The molecule has 0 radical (unpaired) electrons. The zero-order valence-corrected chi connectivity index (χ0v) is 15.7. The molecule has 0 fully saturated rings. The van der Waals surface area contributed by atoms with E-state index >= 15 is 0 Å². The molecule has 0 aromatic heterocycles. The number of anilines is 1. The summed E-state index contributed by atoms with van der Waals surface area (Å²) in [5.74, 6) is 0.728. The highest BCUT2D eigenvalue weighted by Gasteiger charge is 2.33. The van der Waals surface area contributed by atoms with Gasteiger partial charge in [-0.3, -0.25) is 4.79 Å². The predicted octanol–water partition coefficient (Wildman–Crippen LogP) is 5.16. The zero-order chi connectivity index (χ0) is 18.3. The van der Waals surface area contributed by atoms with Crippen LogP contribution in [0, 0.1) is 0 Å². The van der Waals surface area contributed by atoms with Crippen molar-refractivity contribution < 1.29 is 14.3 Å². The second kappa shape index (κ2) is 8.86. The second-order valence-electron chi connectivity index (χ2n) is 6.31. The third-order valence-electron chi connectivity index (χ3n) is 4.38. The molecule has 0 aliphatic heterocycles. The quantitative estimate of drug-likeness (QED) is 0.684. The first-order valence-corrected chi connectivity index (χ1v) is 9.15. The fourth-order valence-corrected chi connectivity index (χ4v) is 3.00. The minimum absolute atomic E-state index is 0.0999. The van der Waals surface area contributed by atoms with Crippen molar-refractivity contribution in [2.75, 3.05) is 18.5 Å². The highest BCUT2D eigenvalue weighted by molar-refractivity contribution is 6.06. The summed E-state index contributed by atoms with van der Waals surface area (Å²) < 4.78 is 11.5. The van der Waals surface area contributed by atoms with Crippen molar-refractivity contribution >= 4 is 22.4 Å². The van der Waals surface area contributed by atoms with E-state index < -0.39 is 5.60 Å². The molecule has 0 aliphatic carbocycles. The van der Waals surface area contributed by atoms with Crippen LogP contribution in [-0.4, -0.2) is 24.7 Å². The number of rotatable bonds is 9. The number of carbonyl (C=O) groups is 1. The molecule has 0 saturated heterocycles. The molecule has 2 aromatic rings. The van der Waals surface area contributed by atoms with E-state index in [2.05, 4.69) is 12.2 Å². The minimum Gasteiger partial charge on any atom is -0.493 e. The minimum atomic E-state index is -0.815. The van der Waals surface area contributed by atoms with Crippen LogP contribution in [0.25, 0.3) is 10.8 Å². The standard InChI is InChI=1S/C21H29NO3/c1-5-8-15-21(4,25-7-3)20(23)22-18-13-14-19(24-6-2)17-12-10-9-11-16(17)18/h9-14H,5-8,15H2,1-4H3,(H,22,23). The summed E-state index contributed by atoms with van der Waals surface area (Å²) in [4.78, 5) is 12.9. The molecule has 25 heavy (non-hydrogen) atoms. The SMILES string of the molecule is CCCCC(C)(OCC)C(=O)Nc1ccc(OCC)c2ccccc12. The number of nitrogens with one attached hydrogen (secondary N) is 1. The van der Waals surface area contributed by atoms with E-state index in [9.17, 15) is 4.79 Å². The Bertz CT molecular complexity index is 713. The van der Waals surface area contributed by atoms with Crippen LogP contribution in [0.3, 0.4) is 0 Å². The van der Waals surface area contributed by atoms with Gasteiger partial charge in [-0.15, -0.1) is 0 Å². The summed E-state index contributed by atoms with van der Waals surface area (Å²) in [5, 5.41) is 5.03. The fourth-order valence-electron chi connectivity index (χ4n) is 3.00. The number of fused-ring (bicyclic) bond motifs is 1. The van der Waals surface area contributed by atoms with Gasteiger partial charge in [0.2, 0.25) is 0 Å². The third kappa shape index (κ3) is 4.51. The van der Waals surface area contributed by atoms with Gasteiger partial charge in [-0.1, -0.05) is 44.0 Å². The third-order valence-corrected chi connectivity index (χ3v) is 4.38. The molecule has 4 heteroatoms. The second-order valence-corrected chi connectivity index (χ2v) is 6.31. The van der Waals surface area contributed by atoms with Gasteiger partial charge in [0.1, 0.15) is 11.4 Å². The van der Waals surface area contributed by atoms with Gasteiger partial charge in [-0.25, -0.2) is 0 Å². The van der Waals surface area contributed by atoms with Crippen LogP contribution in [0.4, 0.5) is 5.69 Å². The van der Waals surface area contributed by atoms with Crippen LogP contribution in [0.1, 0.15) is 47.0 Å². The van der Waals surface area contributed by atoms with Crippen LogP contribution in [0.2, 0.25) is 0 Å². The fraction of sp³-hybridized carbons (Fsp3) is 0.476. The van der Waals surface area contributed by atoms with Crippen LogP contribution < -0.4 is 10.1 Å². The first kappa shape index (κ1) is 19.3. The lowest BCUT2D eigenvalue weighted by atomic mass is 9.97. The van der Waals surface area contributed by atoms with E-state index in [-0.39, 0.29) is 5.91 Å². The number of carbonyl (C=O) groups excluding carboxylic acids is 1. The summed E-state index contributed by atoms with van der Waals surface area (Å²) in [6, 6.07) is 11.8. The molecule has 136 valence electrons. The summed E-state index contributed by atoms with van der Waals surface area (Å²) in [6.45, 7) is 8.99. The van der Waals surface area contributed by atoms with Crippen LogP contribution in [-0.2, 0) is 9.53 Å². The Kier molecular flexibility index (Phi) is 6.82. The van der Waals surface area contributed by atoms with E-state index in [0.717, 1.165) is 35.1 Å². The molecule has 0 heterocycles. The zero-order valence-electron chi connectivity index (χ0n) is 15.7. The van der Waals surface area contributed by atoms with Crippen molar-refractivity contribution in [1.29, 1.82) is 0 Å². The Balaban J connectivity index is 2.32. The van der Waals surface area contributed by atoms with Crippen LogP contribution in [0.5, 0.6) is 5.75 Å². The molecule has 0 spiro atoms. The monoisotopic (exact) mass is 343 g/mol. The smallest absolute Gasteiger partial charge is 0.256 e. The Labute approximate surface area is 150 Å². The molecule has 0 bridgehead atoms. The first-order valence-electron chi connectivity index (χ1n) is 9.15. The number of amides is 1. The van der Waals surface area contributed by atoms with Crippen molar-refractivity contribution in [3.63, 3.8) is 0 Å².